The Morgan fingerprint density at radius 2 is 1.79 bits per heavy atom. The molecule has 1 aliphatic rings. The van der Waals surface area contributed by atoms with Crippen molar-refractivity contribution in [2.45, 2.75) is 35.2 Å². The lowest BCUT2D eigenvalue weighted by Crippen LogP contribution is -2.48. The molecule has 0 aliphatic carbocycles. The predicted octanol–water partition coefficient (Wildman–Crippen LogP) is 4.30. The molecule has 1 fully saturated rings. The second-order valence-corrected chi connectivity index (χ2v) is 9.92. The minimum atomic E-state index is -0.211. The van der Waals surface area contributed by atoms with Crippen molar-refractivity contribution < 1.29 is 0 Å². The molecule has 7 nitrogen and oxygen atoms in total. The summed E-state index contributed by atoms with van der Waals surface area (Å²) in [5.41, 5.74) is 7.20. The summed E-state index contributed by atoms with van der Waals surface area (Å²) in [5, 5.41) is 1.45. The molecule has 0 bridgehead atoms. The van der Waals surface area contributed by atoms with Crippen molar-refractivity contribution in [2.75, 3.05) is 18.0 Å². The summed E-state index contributed by atoms with van der Waals surface area (Å²) in [6.07, 6.45) is 6.89. The summed E-state index contributed by atoms with van der Waals surface area (Å²) in [6, 6.07) is 13.0. The molecule has 9 heteroatoms. The standard InChI is InChI=1S/C24H23ClN6OS/c1-24(26)9-11-30(12-10-24)19-13-28-20(14-27-19)33-18-8-7-17-21(22(18)25)23(32)31(15-29-17)16-5-3-2-4-6-16/h2-8,13-15H,9-12,26H2,1H3. The lowest BCUT2D eigenvalue weighted by molar-refractivity contribution is 0.363. The minimum absolute atomic E-state index is 0.111. The van der Waals surface area contributed by atoms with Crippen molar-refractivity contribution in [1.29, 1.82) is 0 Å². The van der Waals surface area contributed by atoms with Crippen molar-refractivity contribution >= 4 is 40.1 Å². The third kappa shape index (κ3) is 4.46. The Balaban J connectivity index is 1.42. The van der Waals surface area contributed by atoms with Gasteiger partial charge < -0.3 is 10.6 Å². The van der Waals surface area contributed by atoms with Gasteiger partial charge in [-0.3, -0.25) is 9.36 Å². The molecule has 5 rings (SSSR count). The molecule has 3 heterocycles. The Labute approximate surface area is 200 Å². The van der Waals surface area contributed by atoms with Gasteiger partial charge in [0.25, 0.3) is 5.56 Å². The second-order valence-electron chi connectivity index (χ2n) is 8.48. The van der Waals surface area contributed by atoms with E-state index >= 15 is 0 Å². The van der Waals surface area contributed by atoms with Gasteiger partial charge in [0.1, 0.15) is 17.2 Å². The molecule has 0 saturated carbocycles. The van der Waals surface area contributed by atoms with Crippen LogP contribution in [0.1, 0.15) is 19.8 Å². The van der Waals surface area contributed by atoms with Crippen LogP contribution in [0.4, 0.5) is 5.82 Å². The number of nitrogens with zero attached hydrogens (tertiary/aromatic N) is 5. The summed E-state index contributed by atoms with van der Waals surface area (Å²) in [6.45, 7) is 3.82. The number of hydrogen-bond acceptors (Lipinski definition) is 7. The maximum atomic E-state index is 13.2. The van der Waals surface area contributed by atoms with Gasteiger partial charge in [-0.2, -0.15) is 0 Å². The van der Waals surface area contributed by atoms with E-state index in [1.54, 1.807) is 18.5 Å². The van der Waals surface area contributed by atoms with E-state index in [1.807, 2.05) is 36.4 Å². The Bertz CT molecular complexity index is 1350. The first-order valence-electron chi connectivity index (χ1n) is 10.7. The van der Waals surface area contributed by atoms with E-state index in [0.717, 1.165) is 42.3 Å². The topological polar surface area (TPSA) is 89.9 Å². The van der Waals surface area contributed by atoms with Crippen molar-refractivity contribution in [3.8, 4) is 5.69 Å². The van der Waals surface area contributed by atoms with Crippen LogP contribution in [0.25, 0.3) is 16.6 Å². The fraction of sp³-hybridized carbons (Fsp3) is 0.250. The number of rotatable bonds is 4. The van der Waals surface area contributed by atoms with E-state index in [2.05, 4.69) is 26.8 Å². The smallest absolute Gasteiger partial charge is 0.267 e. The highest BCUT2D eigenvalue weighted by atomic mass is 35.5. The van der Waals surface area contributed by atoms with Crippen molar-refractivity contribution in [2.24, 2.45) is 5.73 Å². The maximum absolute atomic E-state index is 13.2. The van der Waals surface area contributed by atoms with Crippen LogP contribution in [0.15, 0.2) is 75.9 Å². The Morgan fingerprint density at radius 1 is 1.03 bits per heavy atom. The van der Waals surface area contributed by atoms with Crippen molar-refractivity contribution in [3.63, 3.8) is 0 Å². The number of piperidine rings is 1. The Kier molecular flexibility index (Phi) is 5.82. The van der Waals surface area contributed by atoms with Crippen LogP contribution in [-0.4, -0.2) is 38.1 Å². The highest BCUT2D eigenvalue weighted by Gasteiger charge is 2.26. The Hall–Kier alpha value is -2.94. The molecule has 0 radical (unpaired) electrons. The zero-order valence-electron chi connectivity index (χ0n) is 18.1. The van der Waals surface area contributed by atoms with Gasteiger partial charge in [-0.25, -0.2) is 15.0 Å². The number of halogens is 1. The van der Waals surface area contributed by atoms with Gasteiger partial charge >= 0.3 is 0 Å². The van der Waals surface area contributed by atoms with Gasteiger partial charge in [0.15, 0.2) is 0 Å². The summed E-state index contributed by atoms with van der Waals surface area (Å²) >= 11 is 8.07. The van der Waals surface area contributed by atoms with E-state index in [-0.39, 0.29) is 11.1 Å². The average molecular weight is 479 g/mol. The van der Waals surface area contributed by atoms with Gasteiger partial charge in [-0.15, -0.1) is 0 Å². The van der Waals surface area contributed by atoms with Crippen LogP contribution in [0.3, 0.4) is 0 Å². The monoisotopic (exact) mass is 478 g/mol. The Morgan fingerprint density at radius 3 is 2.48 bits per heavy atom. The first-order valence-corrected chi connectivity index (χ1v) is 11.9. The molecule has 0 atom stereocenters. The summed E-state index contributed by atoms with van der Waals surface area (Å²) in [7, 11) is 0. The van der Waals surface area contributed by atoms with Crippen LogP contribution < -0.4 is 16.2 Å². The van der Waals surface area contributed by atoms with Gasteiger partial charge in [-0.05, 0) is 44.0 Å². The zero-order chi connectivity index (χ0) is 23.0. The molecule has 2 aromatic carbocycles. The molecule has 4 aromatic rings. The van der Waals surface area contributed by atoms with Crippen LogP contribution >= 0.6 is 23.4 Å². The van der Waals surface area contributed by atoms with Gasteiger partial charge in [0.2, 0.25) is 0 Å². The number of anilines is 1. The third-order valence-corrected chi connectivity index (χ3v) is 7.41. The second kappa shape index (κ2) is 8.78. The van der Waals surface area contributed by atoms with Gasteiger partial charge in [0.05, 0.1) is 34.0 Å². The highest BCUT2D eigenvalue weighted by molar-refractivity contribution is 7.99. The number of benzene rings is 2. The molecule has 1 saturated heterocycles. The molecular formula is C24H23ClN6OS. The summed E-state index contributed by atoms with van der Waals surface area (Å²) in [4.78, 5) is 29.7. The van der Waals surface area contributed by atoms with Crippen molar-refractivity contribution in [1.82, 2.24) is 19.5 Å². The highest BCUT2D eigenvalue weighted by Crippen LogP contribution is 2.35. The number of hydrogen-bond donors (Lipinski definition) is 1. The zero-order valence-corrected chi connectivity index (χ0v) is 19.7. The molecule has 33 heavy (non-hydrogen) atoms. The normalized spacial score (nSPS) is 15.7. The summed E-state index contributed by atoms with van der Waals surface area (Å²) in [5.74, 6) is 0.842. The van der Waals surface area contributed by atoms with Crippen LogP contribution in [-0.2, 0) is 0 Å². The molecule has 168 valence electrons. The minimum Gasteiger partial charge on any atom is -0.355 e. The molecular weight excluding hydrogens is 456 g/mol. The van der Waals surface area contributed by atoms with Crippen LogP contribution in [0, 0.1) is 0 Å². The maximum Gasteiger partial charge on any atom is 0.267 e. The van der Waals surface area contributed by atoms with Crippen molar-refractivity contribution in [3.05, 3.63) is 76.6 Å². The lowest BCUT2D eigenvalue weighted by atomic mass is 9.91. The summed E-state index contributed by atoms with van der Waals surface area (Å²) < 4.78 is 1.50. The molecule has 0 amide bonds. The van der Waals surface area contributed by atoms with E-state index < -0.39 is 0 Å². The van der Waals surface area contributed by atoms with E-state index in [0.29, 0.717) is 21.0 Å². The fourth-order valence-electron chi connectivity index (χ4n) is 3.89. The van der Waals surface area contributed by atoms with E-state index in [4.69, 9.17) is 17.3 Å². The number of para-hydroxylation sites is 1. The van der Waals surface area contributed by atoms with Crippen LogP contribution in [0.5, 0.6) is 0 Å². The quantitative estimate of drug-likeness (QED) is 0.467. The first-order chi connectivity index (χ1) is 15.9. The number of fused-ring (bicyclic) bond motifs is 1. The first kappa shape index (κ1) is 21.9. The third-order valence-electron chi connectivity index (χ3n) is 5.92. The van der Waals surface area contributed by atoms with E-state index in [1.165, 1.54) is 22.7 Å². The SMILES string of the molecule is CC1(N)CCN(c2cnc(Sc3ccc4ncn(-c5ccccc5)c(=O)c4c3Cl)cn2)CC1. The van der Waals surface area contributed by atoms with E-state index in [9.17, 15) is 4.79 Å². The largest absolute Gasteiger partial charge is 0.355 e. The molecule has 1 aliphatic heterocycles. The molecule has 0 unspecified atom stereocenters. The molecule has 2 aromatic heterocycles. The molecule has 0 spiro atoms. The number of nitrogens with two attached hydrogens (primary N) is 1. The van der Waals surface area contributed by atoms with Gasteiger partial charge in [-0.1, -0.05) is 41.6 Å². The molecule has 2 N–H and O–H groups in total. The van der Waals surface area contributed by atoms with Crippen LogP contribution in [0.2, 0.25) is 5.02 Å². The number of aromatic nitrogens is 4. The predicted molar refractivity (Wildman–Crippen MR) is 133 cm³/mol. The fourth-order valence-corrected chi connectivity index (χ4v) is 5.01. The lowest BCUT2D eigenvalue weighted by Gasteiger charge is -2.37. The average Bonchev–Trinajstić information content (AvgIpc) is 2.82. The van der Waals surface area contributed by atoms with Gasteiger partial charge in [0, 0.05) is 23.5 Å².